The fraction of sp³-hybridized carbons (Fsp3) is 0.227. The SMILES string of the molecule is O=C(CCC1NC(=O)c2ccccc2NC1=O)Nc1nnc(CCc2ccccc2)s1. The largest absolute Gasteiger partial charge is 0.340 e. The zero-order chi connectivity index (χ0) is 21.6. The van der Waals surface area contributed by atoms with Crippen molar-refractivity contribution in [1.82, 2.24) is 15.5 Å². The second-order valence-electron chi connectivity index (χ2n) is 7.13. The summed E-state index contributed by atoms with van der Waals surface area (Å²) in [5.74, 6) is -0.966. The highest BCUT2D eigenvalue weighted by Gasteiger charge is 2.27. The van der Waals surface area contributed by atoms with Crippen molar-refractivity contribution >= 4 is 39.9 Å². The number of aryl methyl sites for hydroxylation is 2. The van der Waals surface area contributed by atoms with Crippen LogP contribution < -0.4 is 16.0 Å². The molecule has 0 fully saturated rings. The molecule has 1 aliphatic rings. The molecule has 0 aliphatic carbocycles. The minimum atomic E-state index is -0.790. The van der Waals surface area contributed by atoms with Crippen LogP contribution in [0.5, 0.6) is 0 Å². The summed E-state index contributed by atoms with van der Waals surface area (Å²) in [6.45, 7) is 0. The number of aromatic nitrogens is 2. The summed E-state index contributed by atoms with van der Waals surface area (Å²) in [6, 6.07) is 16.1. The van der Waals surface area contributed by atoms with Gasteiger partial charge in [0.2, 0.25) is 16.9 Å². The molecule has 4 rings (SSSR count). The number of fused-ring (bicyclic) bond motifs is 1. The average Bonchev–Trinajstić information content (AvgIpc) is 3.18. The molecule has 1 aromatic heterocycles. The molecular formula is C22H21N5O3S. The van der Waals surface area contributed by atoms with E-state index in [0.717, 1.165) is 17.8 Å². The summed E-state index contributed by atoms with van der Waals surface area (Å²) in [7, 11) is 0. The van der Waals surface area contributed by atoms with Crippen molar-refractivity contribution in [3.05, 3.63) is 70.7 Å². The number of benzene rings is 2. The fourth-order valence-electron chi connectivity index (χ4n) is 3.27. The molecule has 0 radical (unpaired) electrons. The summed E-state index contributed by atoms with van der Waals surface area (Å²) < 4.78 is 0. The van der Waals surface area contributed by atoms with Crippen LogP contribution in [0.4, 0.5) is 10.8 Å². The van der Waals surface area contributed by atoms with Gasteiger partial charge in [-0.05, 0) is 30.5 Å². The maximum Gasteiger partial charge on any atom is 0.254 e. The Morgan fingerprint density at radius 1 is 1.00 bits per heavy atom. The lowest BCUT2D eigenvalue weighted by molar-refractivity contribution is -0.118. The van der Waals surface area contributed by atoms with Crippen molar-refractivity contribution in [1.29, 1.82) is 0 Å². The molecule has 0 spiro atoms. The first-order valence-corrected chi connectivity index (χ1v) is 10.8. The number of hydrogen-bond donors (Lipinski definition) is 3. The highest BCUT2D eigenvalue weighted by Crippen LogP contribution is 2.20. The van der Waals surface area contributed by atoms with E-state index in [1.54, 1.807) is 24.3 Å². The lowest BCUT2D eigenvalue weighted by Gasteiger charge is -2.13. The van der Waals surface area contributed by atoms with Gasteiger partial charge in [-0.1, -0.05) is 53.8 Å². The van der Waals surface area contributed by atoms with E-state index in [4.69, 9.17) is 0 Å². The summed E-state index contributed by atoms with van der Waals surface area (Å²) in [4.78, 5) is 37.1. The number of hydrogen-bond acceptors (Lipinski definition) is 6. The molecule has 1 atom stereocenters. The van der Waals surface area contributed by atoms with Crippen LogP contribution in [0.2, 0.25) is 0 Å². The van der Waals surface area contributed by atoms with Gasteiger partial charge in [0.25, 0.3) is 5.91 Å². The molecule has 8 nitrogen and oxygen atoms in total. The molecule has 158 valence electrons. The highest BCUT2D eigenvalue weighted by atomic mass is 32.1. The molecule has 31 heavy (non-hydrogen) atoms. The van der Waals surface area contributed by atoms with Crippen LogP contribution in [0.1, 0.15) is 33.8 Å². The normalized spacial score (nSPS) is 15.4. The molecule has 1 unspecified atom stereocenters. The van der Waals surface area contributed by atoms with E-state index >= 15 is 0 Å². The smallest absolute Gasteiger partial charge is 0.254 e. The fourth-order valence-corrected chi connectivity index (χ4v) is 4.03. The van der Waals surface area contributed by atoms with Gasteiger partial charge in [0.05, 0.1) is 11.3 Å². The van der Waals surface area contributed by atoms with Gasteiger partial charge in [-0.3, -0.25) is 14.4 Å². The molecule has 2 aromatic carbocycles. The topological polar surface area (TPSA) is 113 Å². The number of para-hydroxylation sites is 1. The molecule has 1 aliphatic heterocycles. The number of nitrogens with zero attached hydrogens (tertiary/aromatic N) is 2. The van der Waals surface area contributed by atoms with E-state index in [0.29, 0.717) is 16.4 Å². The molecule has 2 heterocycles. The number of anilines is 2. The van der Waals surface area contributed by atoms with E-state index in [9.17, 15) is 14.4 Å². The minimum Gasteiger partial charge on any atom is -0.340 e. The number of nitrogens with one attached hydrogen (secondary N) is 3. The maximum absolute atomic E-state index is 12.4. The number of carbonyl (C=O) groups is 3. The summed E-state index contributed by atoms with van der Waals surface area (Å²) in [6.07, 6.45) is 1.83. The third-order valence-electron chi connectivity index (χ3n) is 4.90. The second-order valence-corrected chi connectivity index (χ2v) is 8.20. The van der Waals surface area contributed by atoms with Crippen LogP contribution in [0, 0.1) is 0 Å². The third kappa shape index (κ3) is 5.32. The molecular weight excluding hydrogens is 414 g/mol. The predicted molar refractivity (Wildman–Crippen MR) is 118 cm³/mol. The third-order valence-corrected chi connectivity index (χ3v) is 5.79. The molecule has 3 amide bonds. The quantitative estimate of drug-likeness (QED) is 0.528. The Bertz CT molecular complexity index is 1100. The molecule has 0 saturated heterocycles. The van der Waals surface area contributed by atoms with Crippen molar-refractivity contribution in [2.45, 2.75) is 31.7 Å². The van der Waals surface area contributed by atoms with Gasteiger partial charge in [0.15, 0.2) is 0 Å². The maximum atomic E-state index is 12.4. The number of rotatable bonds is 7. The van der Waals surface area contributed by atoms with Crippen molar-refractivity contribution < 1.29 is 14.4 Å². The average molecular weight is 436 g/mol. The van der Waals surface area contributed by atoms with Crippen LogP contribution >= 0.6 is 11.3 Å². The lowest BCUT2D eigenvalue weighted by Crippen LogP contribution is -2.41. The van der Waals surface area contributed by atoms with Gasteiger partial charge in [-0.25, -0.2) is 0 Å². The van der Waals surface area contributed by atoms with Crippen LogP contribution in [-0.2, 0) is 22.4 Å². The van der Waals surface area contributed by atoms with Crippen molar-refractivity contribution in [2.24, 2.45) is 0 Å². The van der Waals surface area contributed by atoms with Crippen LogP contribution in [0.25, 0.3) is 0 Å². The first-order chi connectivity index (χ1) is 15.1. The van der Waals surface area contributed by atoms with Crippen LogP contribution in [-0.4, -0.2) is 34.0 Å². The zero-order valence-corrected chi connectivity index (χ0v) is 17.4. The lowest BCUT2D eigenvalue weighted by atomic mass is 10.1. The highest BCUT2D eigenvalue weighted by molar-refractivity contribution is 7.15. The summed E-state index contributed by atoms with van der Waals surface area (Å²) >= 11 is 1.33. The minimum absolute atomic E-state index is 0.0631. The molecule has 3 N–H and O–H groups in total. The zero-order valence-electron chi connectivity index (χ0n) is 16.6. The summed E-state index contributed by atoms with van der Waals surface area (Å²) in [5.41, 5.74) is 2.09. The molecule has 0 bridgehead atoms. The molecule has 9 heteroatoms. The second kappa shape index (κ2) is 9.48. The Morgan fingerprint density at radius 3 is 2.61 bits per heavy atom. The van der Waals surface area contributed by atoms with Gasteiger partial charge in [-0.15, -0.1) is 10.2 Å². The van der Waals surface area contributed by atoms with Gasteiger partial charge >= 0.3 is 0 Å². The molecule has 0 saturated carbocycles. The van der Waals surface area contributed by atoms with Crippen molar-refractivity contribution in [3.8, 4) is 0 Å². The first kappa shape index (κ1) is 20.7. The van der Waals surface area contributed by atoms with Crippen molar-refractivity contribution in [3.63, 3.8) is 0 Å². The van der Waals surface area contributed by atoms with E-state index in [2.05, 4.69) is 38.3 Å². The van der Waals surface area contributed by atoms with E-state index < -0.39 is 6.04 Å². The van der Waals surface area contributed by atoms with Gasteiger partial charge in [0.1, 0.15) is 11.0 Å². The summed E-state index contributed by atoms with van der Waals surface area (Å²) in [5, 5.41) is 17.5. The van der Waals surface area contributed by atoms with E-state index in [-0.39, 0.29) is 30.6 Å². The van der Waals surface area contributed by atoms with Crippen LogP contribution in [0.3, 0.4) is 0 Å². The Balaban J connectivity index is 1.27. The number of amides is 3. The molecule has 3 aromatic rings. The van der Waals surface area contributed by atoms with Crippen molar-refractivity contribution in [2.75, 3.05) is 10.6 Å². The van der Waals surface area contributed by atoms with Crippen LogP contribution in [0.15, 0.2) is 54.6 Å². The first-order valence-electron chi connectivity index (χ1n) is 9.95. The van der Waals surface area contributed by atoms with E-state index in [1.165, 1.54) is 16.9 Å². The van der Waals surface area contributed by atoms with E-state index in [1.807, 2.05) is 18.2 Å². The number of carbonyl (C=O) groups excluding carboxylic acids is 3. The Hall–Kier alpha value is -3.59. The van der Waals surface area contributed by atoms with Gasteiger partial charge in [-0.2, -0.15) is 0 Å². The Labute approximate surface area is 183 Å². The standard InChI is InChI=1S/C22H21N5O3S/c28-18(25-22-27-26-19(31-22)13-10-14-6-2-1-3-7-14)12-11-17-21(30)23-16-9-5-4-8-15(16)20(29)24-17/h1-9,17H,10-13H2,(H,23,30)(H,24,29)(H,25,27,28). The monoisotopic (exact) mass is 435 g/mol. The van der Waals surface area contributed by atoms with Gasteiger partial charge < -0.3 is 16.0 Å². The Kier molecular flexibility index (Phi) is 6.32. The Morgan fingerprint density at radius 2 is 1.77 bits per heavy atom. The predicted octanol–water partition coefficient (Wildman–Crippen LogP) is 2.79. The van der Waals surface area contributed by atoms with Gasteiger partial charge in [0, 0.05) is 12.8 Å².